The number of hydrogen-bond donors (Lipinski definition) is 0. The molecular formula is C42H44Cl2Ti. The van der Waals surface area contributed by atoms with Crippen molar-refractivity contribution in [3.63, 3.8) is 0 Å². The molecular weight excluding hydrogens is 623 g/mol. The third-order valence-corrected chi connectivity index (χ3v) is 15.1. The molecule has 0 saturated heterocycles. The summed E-state index contributed by atoms with van der Waals surface area (Å²) in [5, 5.41) is 0. The number of benzene rings is 4. The molecule has 0 aromatic heterocycles. The fourth-order valence-corrected chi connectivity index (χ4v) is 13.9. The molecule has 0 spiro atoms. The molecule has 0 heterocycles. The molecule has 0 nitrogen and oxygen atoms in total. The average Bonchev–Trinajstić information content (AvgIpc) is 3.61. The van der Waals surface area contributed by atoms with Gasteiger partial charge in [-0.05, 0) is 0 Å². The number of aryl methyl sites for hydroxylation is 6. The van der Waals surface area contributed by atoms with E-state index in [2.05, 4.69) is 114 Å². The van der Waals surface area contributed by atoms with E-state index in [1.165, 1.54) is 104 Å². The first kappa shape index (κ1) is 33.9. The van der Waals surface area contributed by atoms with E-state index in [0.717, 1.165) is 12.8 Å². The Bertz CT molecular complexity index is 1850. The fourth-order valence-electron chi connectivity index (χ4n) is 8.52. The summed E-state index contributed by atoms with van der Waals surface area (Å²) in [4.78, 5) is 0. The Balaban J connectivity index is 0.00000200. The summed E-state index contributed by atoms with van der Waals surface area (Å²) in [7, 11) is 0. The van der Waals surface area contributed by atoms with Gasteiger partial charge in [0.05, 0.1) is 0 Å². The molecule has 3 aliphatic rings. The predicted octanol–water partition coefficient (Wildman–Crippen LogP) is 4.67. The molecule has 0 radical (unpaired) electrons. The summed E-state index contributed by atoms with van der Waals surface area (Å²) < 4.78 is 5.43. The number of hydrogen-bond acceptors (Lipinski definition) is 0. The van der Waals surface area contributed by atoms with Gasteiger partial charge in [-0.25, -0.2) is 0 Å². The van der Waals surface area contributed by atoms with E-state index in [1.54, 1.807) is 13.3 Å². The van der Waals surface area contributed by atoms with E-state index in [1.807, 2.05) is 3.81 Å². The zero-order valence-corrected chi connectivity index (χ0v) is 30.7. The van der Waals surface area contributed by atoms with E-state index < -0.39 is 17.4 Å². The molecule has 1 saturated carbocycles. The van der Waals surface area contributed by atoms with Crippen LogP contribution in [-0.2, 0) is 23.8 Å². The molecule has 1 fully saturated rings. The molecule has 0 atom stereocenters. The van der Waals surface area contributed by atoms with Crippen molar-refractivity contribution >= 4 is 7.68 Å². The van der Waals surface area contributed by atoms with Gasteiger partial charge in [0.1, 0.15) is 0 Å². The Morgan fingerprint density at radius 2 is 1.18 bits per heavy atom. The van der Waals surface area contributed by atoms with Gasteiger partial charge < -0.3 is 24.8 Å². The van der Waals surface area contributed by atoms with Gasteiger partial charge in [-0.1, -0.05) is 0 Å². The van der Waals surface area contributed by atoms with Crippen LogP contribution in [0, 0.1) is 41.5 Å². The predicted molar refractivity (Wildman–Crippen MR) is 184 cm³/mol. The van der Waals surface area contributed by atoms with Gasteiger partial charge in [-0.2, -0.15) is 0 Å². The van der Waals surface area contributed by atoms with Crippen molar-refractivity contribution < 1.29 is 42.2 Å². The van der Waals surface area contributed by atoms with Crippen LogP contribution in [0.5, 0.6) is 0 Å². The number of allylic oxidation sites excluding steroid dienone is 4. The minimum atomic E-state index is -1.85. The van der Waals surface area contributed by atoms with E-state index >= 15 is 0 Å². The minimum absolute atomic E-state index is 0. The number of fused-ring (bicyclic) bond motifs is 3. The fraction of sp³-hybridized carbons (Fsp3) is 0.310. The summed E-state index contributed by atoms with van der Waals surface area (Å²) in [5.41, 5.74) is 20.0. The minimum Gasteiger partial charge on any atom is -1.00 e. The van der Waals surface area contributed by atoms with Crippen molar-refractivity contribution in [1.82, 2.24) is 0 Å². The van der Waals surface area contributed by atoms with Gasteiger partial charge in [0.25, 0.3) is 0 Å². The second kappa shape index (κ2) is 13.7. The van der Waals surface area contributed by atoms with Crippen molar-refractivity contribution in [3.8, 4) is 33.4 Å². The van der Waals surface area contributed by atoms with Crippen LogP contribution >= 0.6 is 0 Å². The van der Waals surface area contributed by atoms with Gasteiger partial charge in [-0.3, -0.25) is 0 Å². The third kappa shape index (κ3) is 6.29. The van der Waals surface area contributed by atoms with Gasteiger partial charge in [-0.15, -0.1) is 0 Å². The van der Waals surface area contributed by atoms with Gasteiger partial charge in [0, 0.05) is 0 Å². The molecule has 7 rings (SSSR count). The molecule has 0 bridgehead atoms. The van der Waals surface area contributed by atoms with Crippen LogP contribution in [0.15, 0.2) is 76.7 Å². The zero-order chi connectivity index (χ0) is 29.8. The Kier molecular flexibility index (Phi) is 10.3. The van der Waals surface area contributed by atoms with E-state index in [4.69, 9.17) is 0 Å². The Morgan fingerprint density at radius 3 is 1.76 bits per heavy atom. The van der Waals surface area contributed by atoms with Crippen molar-refractivity contribution in [2.75, 3.05) is 0 Å². The largest absolute Gasteiger partial charge is 1.00 e. The number of rotatable bonds is 4. The average molecular weight is 668 g/mol. The molecule has 0 amide bonds. The van der Waals surface area contributed by atoms with Crippen LogP contribution in [0.1, 0.15) is 83.0 Å². The number of halogens is 2. The Hall–Kier alpha value is -2.48. The van der Waals surface area contributed by atoms with Crippen molar-refractivity contribution in [2.24, 2.45) is 0 Å². The first-order chi connectivity index (χ1) is 20.8. The molecule has 0 N–H and O–H groups in total. The molecule has 45 heavy (non-hydrogen) atoms. The van der Waals surface area contributed by atoms with Gasteiger partial charge >= 0.3 is 266 Å². The van der Waals surface area contributed by atoms with E-state index in [9.17, 15) is 0 Å². The zero-order valence-electron chi connectivity index (χ0n) is 27.6. The molecule has 230 valence electrons. The van der Waals surface area contributed by atoms with Gasteiger partial charge in [0.15, 0.2) is 0 Å². The topological polar surface area (TPSA) is 0 Å². The first-order valence-electron chi connectivity index (χ1n) is 16.3. The van der Waals surface area contributed by atoms with Crippen molar-refractivity contribution in [3.05, 3.63) is 121 Å². The maximum Gasteiger partial charge on any atom is -1.00 e. The smallest absolute Gasteiger partial charge is 1.00 e. The summed E-state index contributed by atoms with van der Waals surface area (Å²) >= 11 is -1.85. The third-order valence-electron chi connectivity index (χ3n) is 10.1. The summed E-state index contributed by atoms with van der Waals surface area (Å²) in [5.74, 6) is 0. The van der Waals surface area contributed by atoms with Crippen LogP contribution < -0.4 is 28.7 Å². The molecule has 4 aromatic rings. The Labute approximate surface area is 289 Å². The normalized spacial score (nSPS) is 14.6. The van der Waals surface area contributed by atoms with E-state index in [-0.39, 0.29) is 24.8 Å². The molecule has 0 aliphatic heterocycles. The summed E-state index contributed by atoms with van der Waals surface area (Å²) in [6.07, 6.45) is 16.3. The second-order valence-electron chi connectivity index (χ2n) is 13.5. The first-order valence-corrected chi connectivity index (χ1v) is 18.7. The molecule has 3 aliphatic carbocycles. The van der Waals surface area contributed by atoms with Crippen LogP contribution in [0.2, 0.25) is 0 Å². The van der Waals surface area contributed by atoms with E-state index in [0.29, 0.717) is 0 Å². The van der Waals surface area contributed by atoms with Crippen molar-refractivity contribution in [2.45, 2.75) is 86.5 Å². The molecule has 4 aromatic carbocycles. The standard InChI is InChI=1S/C31H29.C6H10.C5H5.2ClH.Ti/c1-18-11-20(3)30(21(4)12-18)26-9-7-24-15-25-8-10-27(17-29(25)28(24)16-26)31-22(5)13-19(2)14-23(31)6;1-2-4-6-5-3-1;1-2-4-5-3-1;;;/h7,9-14,16-17H,15H2,1-6H3;1-5H2;1-3H,4H2;2*1H;/q;;;;;+2/p-2. The monoisotopic (exact) mass is 666 g/mol. The van der Waals surface area contributed by atoms with Crippen LogP contribution in [-0.4, -0.2) is 3.81 Å². The van der Waals surface area contributed by atoms with Crippen molar-refractivity contribution in [1.29, 1.82) is 0 Å². The SMILES string of the molecule is Cc1cc(C)c(-c2ccc3c(c2)-c2cc(-c4c(C)cc(C)cc4C)c[c]([Ti+2]([C]4=CC=CC4)=[C]4CCCCC4)c2C3)c(C)c1.[Cl-].[Cl-]. The molecule has 3 heteroatoms. The van der Waals surface area contributed by atoms with Crippen LogP contribution in [0.3, 0.4) is 0 Å². The Morgan fingerprint density at radius 1 is 0.600 bits per heavy atom. The summed E-state index contributed by atoms with van der Waals surface area (Å²) in [6.45, 7) is 13.6. The van der Waals surface area contributed by atoms with Gasteiger partial charge in [0.2, 0.25) is 0 Å². The quantitative estimate of drug-likeness (QED) is 0.245. The van der Waals surface area contributed by atoms with Crippen LogP contribution in [0.25, 0.3) is 33.4 Å². The maximum absolute atomic E-state index is 2.68. The molecule has 0 unspecified atom stereocenters. The maximum atomic E-state index is 2.68. The second-order valence-corrected chi connectivity index (χ2v) is 17.6. The summed E-state index contributed by atoms with van der Waals surface area (Å²) in [6, 6.07) is 22.0. The van der Waals surface area contributed by atoms with Crippen LogP contribution in [0.4, 0.5) is 0 Å².